The molecule has 26 heavy (non-hydrogen) atoms. The summed E-state index contributed by atoms with van der Waals surface area (Å²) in [6.45, 7) is 2.16. The summed E-state index contributed by atoms with van der Waals surface area (Å²) in [7, 11) is -2.45. The van der Waals surface area contributed by atoms with Crippen molar-refractivity contribution in [2.45, 2.75) is 51.1 Å². The molecule has 1 aromatic rings. The van der Waals surface area contributed by atoms with Crippen LogP contribution in [0.4, 0.5) is 0 Å². The molecule has 1 atom stereocenters. The number of rotatable bonds is 8. The zero-order valence-corrected chi connectivity index (χ0v) is 16.7. The van der Waals surface area contributed by atoms with Gasteiger partial charge in [-0.15, -0.1) is 11.3 Å². The first kappa shape index (κ1) is 20.9. The van der Waals surface area contributed by atoms with E-state index in [1.165, 1.54) is 18.4 Å². The van der Waals surface area contributed by atoms with Gasteiger partial charge < -0.3 is 10.1 Å². The SMILES string of the molecule is COC(=O)CC(NC(=O)CS(=O)(=O)NC1CCC(C)CC1)c1cccs1. The molecule has 2 rings (SSSR count). The molecule has 0 radical (unpaired) electrons. The maximum atomic E-state index is 12.3. The number of carbonyl (C=O) groups excluding carboxylic acids is 2. The predicted molar refractivity (Wildman–Crippen MR) is 100 cm³/mol. The maximum Gasteiger partial charge on any atom is 0.307 e. The van der Waals surface area contributed by atoms with E-state index in [0.29, 0.717) is 5.92 Å². The summed E-state index contributed by atoms with van der Waals surface area (Å²) >= 11 is 1.38. The van der Waals surface area contributed by atoms with Crippen LogP contribution in [0.15, 0.2) is 17.5 Å². The predicted octanol–water partition coefficient (Wildman–Crippen LogP) is 1.97. The lowest BCUT2D eigenvalue weighted by Crippen LogP contribution is -2.43. The monoisotopic (exact) mass is 402 g/mol. The Morgan fingerprint density at radius 3 is 2.58 bits per heavy atom. The fourth-order valence-electron chi connectivity index (χ4n) is 3.04. The fraction of sp³-hybridized carbons (Fsp3) is 0.647. The van der Waals surface area contributed by atoms with E-state index in [-0.39, 0.29) is 12.5 Å². The first-order chi connectivity index (χ1) is 12.3. The number of sulfonamides is 1. The van der Waals surface area contributed by atoms with Crippen LogP contribution in [0.2, 0.25) is 0 Å². The second-order valence-electron chi connectivity index (χ2n) is 6.75. The van der Waals surface area contributed by atoms with Crippen molar-refractivity contribution < 1.29 is 22.7 Å². The third-order valence-corrected chi connectivity index (χ3v) is 6.82. The van der Waals surface area contributed by atoms with Crippen LogP contribution in [0.5, 0.6) is 0 Å². The largest absolute Gasteiger partial charge is 0.469 e. The van der Waals surface area contributed by atoms with Gasteiger partial charge in [-0.2, -0.15) is 0 Å². The van der Waals surface area contributed by atoms with Crippen LogP contribution in [-0.4, -0.2) is 39.2 Å². The quantitative estimate of drug-likeness (QED) is 0.647. The van der Waals surface area contributed by atoms with Crippen molar-refractivity contribution in [1.29, 1.82) is 0 Å². The van der Waals surface area contributed by atoms with Gasteiger partial charge in [0.05, 0.1) is 19.6 Å². The van der Waals surface area contributed by atoms with Crippen molar-refractivity contribution in [3.63, 3.8) is 0 Å². The number of hydrogen-bond donors (Lipinski definition) is 2. The van der Waals surface area contributed by atoms with Gasteiger partial charge in [-0.3, -0.25) is 9.59 Å². The Balaban J connectivity index is 1.92. The third kappa shape index (κ3) is 6.69. The highest BCUT2D eigenvalue weighted by Crippen LogP contribution is 2.24. The molecule has 0 aromatic carbocycles. The Bertz CT molecular complexity index is 695. The minimum Gasteiger partial charge on any atom is -0.469 e. The minimum atomic E-state index is -3.72. The lowest BCUT2D eigenvalue weighted by molar-refractivity contribution is -0.141. The molecule has 1 aromatic heterocycles. The van der Waals surface area contributed by atoms with Crippen LogP contribution in [0.25, 0.3) is 0 Å². The lowest BCUT2D eigenvalue weighted by Gasteiger charge is -2.26. The minimum absolute atomic E-state index is 0.0449. The maximum absolute atomic E-state index is 12.3. The Morgan fingerprint density at radius 2 is 2.00 bits per heavy atom. The van der Waals surface area contributed by atoms with E-state index in [2.05, 4.69) is 21.7 Å². The summed E-state index contributed by atoms with van der Waals surface area (Å²) in [5, 5.41) is 4.46. The van der Waals surface area contributed by atoms with E-state index in [1.807, 2.05) is 5.38 Å². The Kier molecular flexibility index (Phi) is 7.60. The summed E-state index contributed by atoms with van der Waals surface area (Å²) in [6.07, 6.45) is 3.51. The van der Waals surface area contributed by atoms with Gasteiger partial charge >= 0.3 is 5.97 Å². The lowest BCUT2D eigenvalue weighted by atomic mass is 9.88. The number of ether oxygens (including phenoxy) is 1. The van der Waals surface area contributed by atoms with Gasteiger partial charge in [0.2, 0.25) is 15.9 Å². The highest BCUT2D eigenvalue weighted by atomic mass is 32.2. The number of carbonyl (C=O) groups is 2. The summed E-state index contributed by atoms with van der Waals surface area (Å²) in [4.78, 5) is 24.6. The van der Waals surface area contributed by atoms with Gasteiger partial charge in [-0.1, -0.05) is 13.0 Å². The van der Waals surface area contributed by atoms with Crippen molar-refractivity contribution in [2.75, 3.05) is 12.9 Å². The highest BCUT2D eigenvalue weighted by molar-refractivity contribution is 7.90. The van der Waals surface area contributed by atoms with E-state index in [4.69, 9.17) is 0 Å². The summed E-state index contributed by atoms with van der Waals surface area (Å²) in [5.41, 5.74) is 0. The average Bonchev–Trinajstić information content (AvgIpc) is 3.10. The standard InChI is InChI=1S/C17H26N2O5S2/c1-12-5-7-13(8-6-12)19-26(22,23)11-16(20)18-14(10-17(21)24-2)15-4-3-9-25-15/h3-4,9,12-14,19H,5-8,10-11H2,1-2H3,(H,18,20). The molecule has 7 nitrogen and oxygen atoms in total. The van der Waals surface area contributed by atoms with Crippen molar-refractivity contribution in [3.05, 3.63) is 22.4 Å². The molecular formula is C17H26N2O5S2. The van der Waals surface area contributed by atoms with Gasteiger partial charge in [0, 0.05) is 10.9 Å². The number of thiophene rings is 1. The second kappa shape index (κ2) is 9.48. The molecule has 1 fully saturated rings. The van der Waals surface area contributed by atoms with Gasteiger partial charge in [-0.05, 0) is 43.0 Å². The van der Waals surface area contributed by atoms with Crippen LogP contribution >= 0.6 is 11.3 Å². The Morgan fingerprint density at radius 1 is 1.31 bits per heavy atom. The van der Waals surface area contributed by atoms with Gasteiger partial charge in [0.1, 0.15) is 5.75 Å². The molecule has 1 heterocycles. The first-order valence-corrected chi connectivity index (χ1v) is 11.2. The molecule has 0 aliphatic heterocycles. The Labute approximate surface area is 158 Å². The molecule has 1 aliphatic carbocycles. The molecule has 0 bridgehead atoms. The zero-order chi connectivity index (χ0) is 19.2. The van der Waals surface area contributed by atoms with Gasteiger partial charge in [0.15, 0.2) is 0 Å². The second-order valence-corrected chi connectivity index (χ2v) is 9.48. The smallest absolute Gasteiger partial charge is 0.307 e. The van der Waals surface area contributed by atoms with Crippen LogP contribution in [0.3, 0.4) is 0 Å². The molecule has 9 heteroatoms. The average molecular weight is 403 g/mol. The van der Waals surface area contributed by atoms with Crippen molar-refractivity contribution in [1.82, 2.24) is 10.0 Å². The highest BCUT2D eigenvalue weighted by Gasteiger charge is 2.26. The molecule has 2 N–H and O–H groups in total. The number of nitrogens with one attached hydrogen (secondary N) is 2. The van der Waals surface area contributed by atoms with E-state index in [1.54, 1.807) is 12.1 Å². The molecule has 1 amide bonds. The molecule has 1 unspecified atom stereocenters. The van der Waals surface area contributed by atoms with E-state index >= 15 is 0 Å². The normalized spacial score (nSPS) is 21.8. The van der Waals surface area contributed by atoms with Gasteiger partial charge in [0.25, 0.3) is 0 Å². The van der Waals surface area contributed by atoms with Crippen molar-refractivity contribution in [2.24, 2.45) is 5.92 Å². The van der Waals surface area contributed by atoms with E-state index < -0.39 is 33.7 Å². The first-order valence-electron chi connectivity index (χ1n) is 8.68. The molecule has 0 spiro atoms. The van der Waals surface area contributed by atoms with Crippen molar-refractivity contribution >= 4 is 33.2 Å². The van der Waals surface area contributed by atoms with Crippen LogP contribution in [-0.2, 0) is 24.3 Å². The van der Waals surface area contributed by atoms with Crippen LogP contribution in [0.1, 0.15) is 49.9 Å². The topological polar surface area (TPSA) is 102 Å². The molecule has 146 valence electrons. The Hall–Kier alpha value is -1.45. The molecule has 1 aliphatic rings. The summed E-state index contributed by atoms with van der Waals surface area (Å²) in [6, 6.07) is 2.89. The van der Waals surface area contributed by atoms with Crippen LogP contribution < -0.4 is 10.0 Å². The molecule has 0 saturated heterocycles. The number of esters is 1. The fourth-order valence-corrected chi connectivity index (χ4v) is 5.08. The van der Waals surface area contributed by atoms with E-state index in [9.17, 15) is 18.0 Å². The summed E-state index contributed by atoms with van der Waals surface area (Å²) < 4.78 is 31.8. The number of hydrogen-bond acceptors (Lipinski definition) is 6. The van der Waals surface area contributed by atoms with Gasteiger partial charge in [-0.25, -0.2) is 13.1 Å². The number of amides is 1. The molecule has 1 saturated carbocycles. The molecular weight excluding hydrogens is 376 g/mol. The zero-order valence-electron chi connectivity index (χ0n) is 15.1. The third-order valence-electron chi connectivity index (χ3n) is 4.50. The summed E-state index contributed by atoms with van der Waals surface area (Å²) in [5.74, 6) is -1.14. The van der Waals surface area contributed by atoms with Crippen molar-refractivity contribution in [3.8, 4) is 0 Å². The number of methoxy groups -OCH3 is 1. The van der Waals surface area contributed by atoms with E-state index in [0.717, 1.165) is 30.6 Å². The van der Waals surface area contributed by atoms with Crippen LogP contribution in [0, 0.1) is 5.92 Å².